The summed E-state index contributed by atoms with van der Waals surface area (Å²) < 4.78 is 2.86. The standard InChI is InChI=1S/C12H8Br3N3O3/c1-6-16-11(15)12(18(20)21)17(6)5-10(19)8-3-2-7(13)4-9(8)14/h2-4H,5H2,1H3. The summed E-state index contributed by atoms with van der Waals surface area (Å²) in [6.07, 6.45) is 0. The van der Waals surface area contributed by atoms with E-state index in [4.69, 9.17) is 0 Å². The fourth-order valence-electron chi connectivity index (χ4n) is 1.82. The summed E-state index contributed by atoms with van der Waals surface area (Å²) in [6.45, 7) is 1.46. The van der Waals surface area contributed by atoms with Gasteiger partial charge in [0, 0.05) is 21.4 Å². The maximum absolute atomic E-state index is 12.4. The van der Waals surface area contributed by atoms with E-state index in [1.807, 2.05) is 0 Å². The van der Waals surface area contributed by atoms with Crippen LogP contribution in [0.4, 0.5) is 5.82 Å². The SMILES string of the molecule is Cc1nc(Br)c([N+](=O)[O-])n1CC(=O)c1ccc(Br)cc1Br. The van der Waals surface area contributed by atoms with Gasteiger partial charge < -0.3 is 10.1 Å². The van der Waals surface area contributed by atoms with Crippen molar-refractivity contribution < 1.29 is 9.72 Å². The second-order valence-electron chi connectivity index (χ2n) is 4.16. The Morgan fingerprint density at radius 3 is 2.62 bits per heavy atom. The molecule has 1 aromatic carbocycles. The number of halogens is 3. The number of hydrogen-bond acceptors (Lipinski definition) is 4. The van der Waals surface area contributed by atoms with Crippen molar-refractivity contribution in [2.45, 2.75) is 13.5 Å². The zero-order valence-corrected chi connectivity index (χ0v) is 15.4. The van der Waals surface area contributed by atoms with Gasteiger partial charge in [0.15, 0.2) is 12.4 Å². The van der Waals surface area contributed by atoms with Crippen molar-refractivity contribution in [2.24, 2.45) is 0 Å². The lowest BCUT2D eigenvalue weighted by Crippen LogP contribution is -2.14. The van der Waals surface area contributed by atoms with Gasteiger partial charge in [-0.25, -0.2) is 4.57 Å². The molecule has 9 heteroatoms. The lowest BCUT2D eigenvalue weighted by Gasteiger charge is -2.05. The molecule has 0 atom stereocenters. The molecule has 110 valence electrons. The summed E-state index contributed by atoms with van der Waals surface area (Å²) in [4.78, 5) is 26.8. The number of carbonyl (C=O) groups is 1. The van der Waals surface area contributed by atoms with Gasteiger partial charge in [0.1, 0.15) is 0 Å². The molecule has 1 heterocycles. The third-order valence-corrected chi connectivity index (χ3v) is 4.48. The highest BCUT2D eigenvalue weighted by atomic mass is 79.9. The summed E-state index contributed by atoms with van der Waals surface area (Å²) in [5.74, 6) is -0.0743. The molecule has 0 spiro atoms. The highest BCUT2D eigenvalue weighted by Crippen LogP contribution is 2.27. The Labute approximate surface area is 145 Å². The normalized spacial score (nSPS) is 10.7. The highest BCUT2D eigenvalue weighted by molar-refractivity contribution is 9.11. The fourth-order valence-corrected chi connectivity index (χ4v) is 3.71. The summed E-state index contributed by atoms with van der Waals surface area (Å²) in [5.41, 5.74) is 0.455. The molecule has 2 aromatic rings. The maximum Gasteiger partial charge on any atom is 0.357 e. The molecule has 0 aliphatic rings. The van der Waals surface area contributed by atoms with Crippen LogP contribution in [0.15, 0.2) is 31.7 Å². The fraction of sp³-hybridized carbons (Fsp3) is 0.167. The first-order valence-corrected chi connectivity index (χ1v) is 8.04. The number of ketones is 1. The van der Waals surface area contributed by atoms with Crippen LogP contribution in [0, 0.1) is 17.0 Å². The van der Waals surface area contributed by atoms with Gasteiger partial charge >= 0.3 is 5.82 Å². The van der Waals surface area contributed by atoms with Crippen LogP contribution in [0.25, 0.3) is 0 Å². The molecular weight excluding hydrogens is 474 g/mol. The summed E-state index contributed by atoms with van der Waals surface area (Å²) in [7, 11) is 0. The maximum atomic E-state index is 12.4. The van der Waals surface area contributed by atoms with Crippen LogP contribution in [-0.2, 0) is 6.54 Å². The predicted molar refractivity (Wildman–Crippen MR) is 87.5 cm³/mol. The Bertz CT molecular complexity index is 743. The molecule has 1 aromatic heterocycles. The minimum atomic E-state index is -0.562. The molecule has 0 bridgehead atoms. The number of hydrogen-bond donors (Lipinski definition) is 0. The molecule has 0 fully saturated rings. The zero-order valence-electron chi connectivity index (χ0n) is 10.6. The Morgan fingerprint density at radius 1 is 1.38 bits per heavy atom. The van der Waals surface area contributed by atoms with Gasteiger partial charge in [-0.2, -0.15) is 4.98 Å². The van der Waals surface area contributed by atoms with Crippen LogP contribution in [0.1, 0.15) is 16.2 Å². The van der Waals surface area contributed by atoms with Crippen LogP contribution in [-0.4, -0.2) is 20.3 Å². The third kappa shape index (κ3) is 3.41. The second-order valence-corrected chi connectivity index (χ2v) is 6.69. The molecule has 0 amide bonds. The van der Waals surface area contributed by atoms with Crippen molar-refractivity contribution >= 4 is 59.4 Å². The van der Waals surface area contributed by atoms with Crippen LogP contribution in [0.2, 0.25) is 0 Å². The molecule has 0 saturated carbocycles. The first-order valence-electron chi connectivity index (χ1n) is 5.66. The second kappa shape index (κ2) is 6.37. The van der Waals surface area contributed by atoms with E-state index in [-0.39, 0.29) is 22.7 Å². The quantitative estimate of drug-likeness (QED) is 0.371. The number of nitro groups is 1. The minimum Gasteiger partial charge on any atom is -0.358 e. The predicted octanol–water partition coefficient (Wildman–Crippen LogP) is 4.27. The largest absolute Gasteiger partial charge is 0.358 e. The van der Waals surface area contributed by atoms with Crippen LogP contribution >= 0.6 is 47.8 Å². The first-order chi connectivity index (χ1) is 9.81. The third-order valence-electron chi connectivity index (χ3n) is 2.80. The van der Waals surface area contributed by atoms with E-state index in [1.165, 1.54) is 4.57 Å². The molecule has 2 rings (SSSR count). The highest BCUT2D eigenvalue weighted by Gasteiger charge is 2.26. The average molecular weight is 482 g/mol. The lowest BCUT2D eigenvalue weighted by atomic mass is 10.1. The zero-order chi connectivity index (χ0) is 15.7. The number of rotatable bonds is 4. The van der Waals surface area contributed by atoms with E-state index in [0.29, 0.717) is 15.9 Å². The molecular formula is C12H8Br3N3O3. The monoisotopic (exact) mass is 479 g/mol. The van der Waals surface area contributed by atoms with E-state index in [1.54, 1.807) is 25.1 Å². The number of Topliss-reactive ketones (excluding diaryl/α,β-unsaturated/α-hetero) is 1. The molecule has 0 aliphatic carbocycles. The van der Waals surface area contributed by atoms with Crippen molar-refractivity contribution in [2.75, 3.05) is 0 Å². The van der Waals surface area contributed by atoms with E-state index in [2.05, 4.69) is 52.8 Å². The van der Waals surface area contributed by atoms with Gasteiger partial charge in [-0.3, -0.25) is 4.79 Å². The Morgan fingerprint density at radius 2 is 2.05 bits per heavy atom. The lowest BCUT2D eigenvalue weighted by molar-refractivity contribution is -0.392. The van der Waals surface area contributed by atoms with Crippen molar-refractivity contribution in [3.8, 4) is 0 Å². The van der Waals surface area contributed by atoms with E-state index in [0.717, 1.165) is 4.47 Å². The van der Waals surface area contributed by atoms with Crippen molar-refractivity contribution in [3.05, 3.63) is 53.2 Å². The van der Waals surface area contributed by atoms with Gasteiger partial charge in [0.05, 0.1) is 0 Å². The first kappa shape index (κ1) is 16.3. The number of aromatic nitrogens is 2. The molecule has 0 N–H and O–H groups in total. The number of imidazole rings is 1. The molecule has 0 saturated heterocycles. The smallest absolute Gasteiger partial charge is 0.357 e. The number of aryl methyl sites for hydroxylation is 1. The van der Waals surface area contributed by atoms with Gasteiger partial charge in [-0.05, 0) is 39.1 Å². The molecule has 6 nitrogen and oxygen atoms in total. The number of benzene rings is 1. The molecule has 21 heavy (non-hydrogen) atoms. The summed E-state index contributed by atoms with van der Waals surface area (Å²) in [5, 5.41) is 11.1. The Kier molecular flexibility index (Phi) is 4.95. The summed E-state index contributed by atoms with van der Waals surface area (Å²) in [6, 6.07) is 5.14. The van der Waals surface area contributed by atoms with E-state index < -0.39 is 4.92 Å². The van der Waals surface area contributed by atoms with Crippen molar-refractivity contribution in [1.29, 1.82) is 0 Å². The van der Waals surface area contributed by atoms with E-state index >= 15 is 0 Å². The molecule has 0 aliphatic heterocycles. The summed E-state index contributed by atoms with van der Waals surface area (Å²) >= 11 is 9.66. The molecule has 0 unspecified atom stereocenters. The van der Waals surface area contributed by atoms with Crippen molar-refractivity contribution in [3.63, 3.8) is 0 Å². The van der Waals surface area contributed by atoms with Crippen LogP contribution in [0.3, 0.4) is 0 Å². The van der Waals surface area contributed by atoms with Gasteiger partial charge in [0.25, 0.3) is 0 Å². The van der Waals surface area contributed by atoms with Crippen molar-refractivity contribution in [1.82, 2.24) is 9.55 Å². The molecule has 0 radical (unpaired) electrons. The van der Waals surface area contributed by atoms with Crippen LogP contribution < -0.4 is 0 Å². The van der Waals surface area contributed by atoms with Crippen LogP contribution in [0.5, 0.6) is 0 Å². The number of nitrogens with zero attached hydrogens (tertiary/aromatic N) is 3. The Balaban J connectivity index is 2.38. The number of carbonyl (C=O) groups excluding carboxylic acids is 1. The minimum absolute atomic E-state index is 0.118. The van der Waals surface area contributed by atoms with Gasteiger partial charge in [0.2, 0.25) is 10.4 Å². The Hall–Kier alpha value is -1.06. The van der Waals surface area contributed by atoms with E-state index in [9.17, 15) is 14.9 Å². The average Bonchev–Trinajstić information content (AvgIpc) is 2.63. The van der Waals surface area contributed by atoms with Gasteiger partial charge in [-0.15, -0.1) is 0 Å². The van der Waals surface area contributed by atoms with Gasteiger partial charge in [-0.1, -0.05) is 31.9 Å². The topological polar surface area (TPSA) is 78.0 Å².